The fraction of sp³-hybridized carbons (Fsp3) is 0.538. The van der Waals surface area contributed by atoms with Crippen LogP contribution in [0.3, 0.4) is 0 Å². The lowest BCUT2D eigenvalue weighted by Gasteiger charge is -2.35. The SMILES string of the molecule is N[C@@H]1CC1(c1ccc(Br)cc1)C1CCC1. The molecule has 3 rings (SSSR count). The van der Waals surface area contributed by atoms with Gasteiger partial charge in [-0.05, 0) is 42.9 Å². The van der Waals surface area contributed by atoms with E-state index >= 15 is 0 Å². The van der Waals surface area contributed by atoms with Crippen molar-refractivity contribution in [2.24, 2.45) is 11.7 Å². The summed E-state index contributed by atoms with van der Waals surface area (Å²) in [7, 11) is 0. The van der Waals surface area contributed by atoms with Crippen LogP contribution in [0.2, 0.25) is 0 Å². The van der Waals surface area contributed by atoms with E-state index in [9.17, 15) is 0 Å². The number of halogens is 1. The van der Waals surface area contributed by atoms with Gasteiger partial charge in [0.2, 0.25) is 0 Å². The van der Waals surface area contributed by atoms with Crippen LogP contribution in [-0.4, -0.2) is 6.04 Å². The Morgan fingerprint density at radius 3 is 2.20 bits per heavy atom. The van der Waals surface area contributed by atoms with Crippen molar-refractivity contribution in [3.8, 4) is 0 Å². The van der Waals surface area contributed by atoms with E-state index in [0.29, 0.717) is 11.5 Å². The zero-order valence-corrected chi connectivity index (χ0v) is 10.3. The highest BCUT2D eigenvalue weighted by Gasteiger charge is 2.59. The molecule has 2 fully saturated rings. The van der Waals surface area contributed by atoms with E-state index < -0.39 is 0 Å². The van der Waals surface area contributed by atoms with Gasteiger partial charge in [0.05, 0.1) is 0 Å². The predicted octanol–water partition coefficient (Wildman–Crippen LogP) is 3.22. The maximum Gasteiger partial charge on any atom is 0.0175 e. The van der Waals surface area contributed by atoms with E-state index in [-0.39, 0.29) is 0 Å². The van der Waals surface area contributed by atoms with E-state index in [0.717, 1.165) is 10.4 Å². The van der Waals surface area contributed by atoms with E-state index in [4.69, 9.17) is 5.73 Å². The summed E-state index contributed by atoms with van der Waals surface area (Å²) in [6.07, 6.45) is 5.35. The second-order valence-electron chi connectivity index (χ2n) is 4.99. The second-order valence-corrected chi connectivity index (χ2v) is 5.90. The molecule has 2 heteroatoms. The molecule has 0 heterocycles. The van der Waals surface area contributed by atoms with E-state index in [1.165, 1.54) is 31.2 Å². The molecule has 0 spiro atoms. The molecule has 80 valence electrons. The van der Waals surface area contributed by atoms with Crippen molar-refractivity contribution in [3.63, 3.8) is 0 Å². The molecule has 2 atom stereocenters. The molecule has 1 aromatic carbocycles. The Kier molecular flexibility index (Phi) is 2.18. The van der Waals surface area contributed by atoms with Crippen molar-refractivity contribution in [3.05, 3.63) is 34.3 Å². The third-order valence-corrected chi connectivity index (χ3v) is 4.80. The van der Waals surface area contributed by atoms with Crippen molar-refractivity contribution in [2.75, 3.05) is 0 Å². The van der Waals surface area contributed by atoms with Gasteiger partial charge in [0, 0.05) is 15.9 Å². The minimum absolute atomic E-state index is 0.346. The summed E-state index contributed by atoms with van der Waals surface area (Å²) >= 11 is 3.48. The average molecular weight is 266 g/mol. The smallest absolute Gasteiger partial charge is 0.0175 e. The molecule has 15 heavy (non-hydrogen) atoms. The summed E-state index contributed by atoms with van der Waals surface area (Å²) in [5.41, 5.74) is 7.98. The highest BCUT2D eigenvalue weighted by atomic mass is 79.9. The summed E-state index contributed by atoms with van der Waals surface area (Å²) in [5.74, 6) is 0.855. The van der Waals surface area contributed by atoms with Crippen LogP contribution in [0.5, 0.6) is 0 Å². The molecule has 2 aliphatic carbocycles. The number of benzene rings is 1. The van der Waals surface area contributed by atoms with Crippen molar-refractivity contribution >= 4 is 15.9 Å². The molecule has 0 radical (unpaired) electrons. The Bertz CT molecular complexity index is 369. The molecule has 0 aliphatic heterocycles. The minimum atomic E-state index is 0.346. The molecule has 1 aromatic rings. The van der Waals surface area contributed by atoms with Gasteiger partial charge in [0.1, 0.15) is 0 Å². The maximum atomic E-state index is 6.17. The summed E-state index contributed by atoms with van der Waals surface area (Å²) < 4.78 is 1.16. The van der Waals surface area contributed by atoms with Crippen LogP contribution in [0.15, 0.2) is 28.7 Å². The van der Waals surface area contributed by atoms with Gasteiger partial charge in [-0.25, -0.2) is 0 Å². The van der Waals surface area contributed by atoms with Gasteiger partial charge in [0.15, 0.2) is 0 Å². The second kappa shape index (κ2) is 3.33. The molecule has 2 aliphatic rings. The van der Waals surface area contributed by atoms with Crippen molar-refractivity contribution in [1.29, 1.82) is 0 Å². The van der Waals surface area contributed by atoms with Crippen LogP contribution in [0.1, 0.15) is 31.2 Å². The minimum Gasteiger partial charge on any atom is -0.327 e. The highest BCUT2D eigenvalue weighted by molar-refractivity contribution is 9.10. The first-order valence-corrected chi connectivity index (χ1v) is 6.54. The Hall–Kier alpha value is -0.340. The first kappa shape index (κ1) is 9.86. The normalized spacial score (nSPS) is 34.9. The van der Waals surface area contributed by atoms with Gasteiger partial charge in [-0.2, -0.15) is 0 Å². The Balaban J connectivity index is 1.93. The molecule has 0 amide bonds. The van der Waals surface area contributed by atoms with Crippen molar-refractivity contribution in [1.82, 2.24) is 0 Å². The fourth-order valence-corrected chi connectivity index (χ4v) is 3.29. The van der Waals surface area contributed by atoms with Crippen LogP contribution >= 0.6 is 15.9 Å². The molecule has 0 saturated heterocycles. The van der Waals surface area contributed by atoms with Crippen molar-refractivity contribution in [2.45, 2.75) is 37.1 Å². The summed E-state index contributed by atoms with van der Waals surface area (Å²) in [6, 6.07) is 9.18. The van der Waals surface area contributed by atoms with Crippen LogP contribution in [-0.2, 0) is 5.41 Å². The molecule has 2 saturated carbocycles. The van der Waals surface area contributed by atoms with Crippen molar-refractivity contribution < 1.29 is 0 Å². The molecular weight excluding hydrogens is 250 g/mol. The number of hydrogen-bond donors (Lipinski definition) is 1. The van der Waals surface area contributed by atoms with Gasteiger partial charge in [-0.3, -0.25) is 0 Å². The first-order chi connectivity index (χ1) is 7.23. The maximum absolute atomic E-state index is 6.17. The van der Waals surface area contributed by atoms with Crippen LogP contribution in [0, 0.1) is 5.92 Å². The van der Waals surface area contributed by atoms with Gasteiger partial charge >= 0.3 is 0 Å². The lowest BCUT2D eigenvalue weighted by Crippen LogP contribution is -2.32. The molecule has 1 nitrogen and oxygen atoms in total. The molecule has 0 bridgehead atoms. The summed E-state index contributed by atoms with van der Waals surface area (Å²) in [6.45, 7) is 0. The van der Waals surface area contributed by atoms with Crippen LogP contribution < -0.4 is 5.73 Å². The lowest BCUT2D eigenvalue weighted by molar-refractivity contribution is 0.240. The largest absolute Gasteiger partial charge is 0.327 e. The quantitative estimate of drug-likeness (QED) is 0.873. The number of rotatable bonds is 2. The van der Waals surface area contributed by atoms with E-state index in [1.807, 2.05) is 0 Å². The molecule has 0 aromatic heterocycles. The first-order valence-electron chi connectivity index (χ1n) is 5.75. The molecular formula is C13H16BrN. The number of nitrogens with two attached hydrogens (primary N) is 1. The van der Waals surface area contributed by atoms with Crippen LogP contribution in [0.4, 0.5) is 0 Å². The van der Waals surface area contributed by atoms with Gasteiger partial charge in [-0.1, -0.05) is 34.5 Å². The third kappa shape index (κ3) is 1.38. The predicted molar refractivity (Wildman–Crippen MR) is 65.8 cm³/mol. The topological polar surface area (TPSA) is 26.0 Å². The summed E-state index contributed by atoms with van der Waals surface area (Å²) in [4.78, 5) is 0. The molecule has 1 unspecified atom stereocenters. The molecule has 2 N–H and O–H groups in total. The Labute approximate surface area is 99.2 Å². The Morgan fingerprint density at radius 1 is 1.20 bits per heavy atom. The third-order valence-electron chi connectivity index (χ3n) is 4.27. The fourth-order valence-electron chi connectivity index (χ4n) is 3.03. The standard InChI is InChI=1S/C13H16BrN/c14-11-6-4-10(5-7-11)13(8-12(13)15)9-2-1-3-9/h4-7,9,12H,1-3,8,15H2/t12-,13?/m1/s1. The average Bonchev–Trinajstić information content (AvgIpc) is 2.76. The van der Waals surface area contributed by atoms with E-state index in [2.05, 4.69) is 40.2 Å². The van der Waals surface area contributed by atoms with Gasteiger partial charge in [-0.15, -0.1) is 0 Å². The zero-order chi connectivity index (χ0) is 10.5. The monoisotopic (exact) mass is 265 g/mol. The van der Waals surface area contributed by atoms with Gasteiger partial charge in [0.25, 0.3) is 0 Å². The van der Waals surface area contributed by atoms with E-state index in [1.54, 1.807) is 0 Å². The van der Waals surface area contributed by atoms with Crippen LogP contribution in [0.25, 0.3) is 0 Å². The zero-order valence-electron chi connectivity index (χ0n) is 8.75. The lowest BCUT2D eigenvalue weighted by atomic mass is 9.70. The van der Waals surface area contributed by atoms with Gasteiger partial charge < -0.3 is 5.73 Å². The Morgan fingerprint density at radius 2 is 1.80 bits per heavy atom. The highest BCUT2D eigenvalue weighted by Crippen LogP contribution is 2.58. The summed E-state index contributed by atoms with van der Waals surface area (Å²) in [5, 5.41) is 0. The number of hydrogen-bond acceptors (Lipinski definition) is 1.